The van der Waals surface area contributed by atoms with Crippen LogP contribution in [0.5, 0.6) is 0 Å². The Hall–Kier alpha value is -0.220. The normalized spacial score (nSPS) is 28.9. The molecule has 1 aliphatic rings. The van der Waals surface area contributed by atoms with Crippen LogP contribution < -0.4 is 5.32 Å². The van der Waals surface area contributed by atoms with Gasteiger partial charge in [-0.2, -0.15) is 0 Å². The second-order valence-corrected chi connectivity index (χ2v) is 4.06. The smallest absolute Gasteiger partial charge is 0.156 e. The van der Waals surface area contributed by atoms with E-state index in [-0.39, 0.29) is 6.10 Å². The first-order valence-electron chi connectivity index (χ1n) is 4.19. The first kappa shape index (κ1) is 9.86. The van der Waals surface area contributed by atoms with Crippen LogP contribution in [-0.4, -0.2) is 36.7 Å². The Morgan fingerprint density at radius 3 is 3.08 bits per heavy atom. The van der Waals surface area contributed by atoms with Crippen molar-refractivity contribution in [1.29, 1.82) is 0 Å². The molecule has 2 unspecified atom stereocenters. The second kappa shape index (κ2) is 4.72. The van der Waals surface area contributed by atoms with Crippen LogP contribution in [0.15, 0.2) is 4.99 Å². The maximum atomic E-state index is 5.09. The van der Waals surface area contributed by atoms with Crippen LogP contribution in [0.2, 0.25) is 0 Å². The number of nitrogens with zero attached hydrogens (tertiary/aromatic N) is 1. The maximum absolute atomic E-state index is 5.09. The van der Waals surface area contributed by atoms with Crippen LogP contribution in [0, 0.1) is 0 Å². The summed E-state index contributed by atoms with van der Waals surface area (Å²) in [7, 11) is 1.71. The van der Waals surface area contributed by atoms with E-state index < -0.39 is 0 Å². The average Bonchev–Trinajstić information content (AvgIpc) is 2.47. The molecule has 0 aromatic heterocycles. The summed E-state index contributed by atoms with van der Waals surface area (Å²) in [4.78, 5) is 4.39. The summed E-state index contributed by atoms with van der Waals surface area (Å²) in [6.07, 6.45) is 0.218. The predicted molar refractivity (Wildman–Crippen MR) is 53.8 cm³/mol. The zero-order chi connectivity index (χ0) is 8.97. The molecule has 1 fully saturated rings. The third-order valence-corrected chi connectivity index (χ3v) is 2.92. The van der Waals surface area contributed by atoms with Gasteiger partial charge < -0.3 is 10.1 Å². The lowest BCUT2D eigenvalue weighted by Crippen LogP contribution is -2.24. The van der Waals surface area contributed by atoms with Crippen LogP contribution in [0.25, 0.3) is 0 Å². The third-order valence-electron chi connectivity index (χ3n) is 1.73. The first-order valence-corrected chi connectivity index (χ1v) is 5.17. The summed E-state index contributed by atoms with van der Waals surface area (Å²) < 4.78 is 5.09. The number of ether oxygens (including phenoxy) is 1. The molecule has 0 aliphatic carbocycles. The van der Waals surface area contributed by atoms with E-state index in [2.05, 4.69) is 17.2 Å². The number of thioether (sulfide) groups is 1. The van der Waals surface area contributed by atoms with Gasteiger partial charge in [-0.3, -0.25) is 4.99 Å². The van der Waals surface area contributed by atoms with Crippen LogP contribution in [0.3, 0.4) is 0 Å². The van der Waals surface area contributed by atoms with Crippen molar-refractivity contribution in [3.05, 3.63) is 0 Å². The predicted octanol–water partition coefficient (Wildman–Crippen LogP) is 1.10. The van der Waals surface area contributed by atoms with Crippen molar-refractivity contribution in [2.24, 2.45) is 4.99 Å². The summed E-state index contributed by atoms with van der Waals surface area (Å²) in [6, 6.07) is 0.562. The summed E-state index contributed by atoms with van der Waals surface area (Å²) in [5.41, 5.74) is 0. The highest BCUT2D eigenvalue weighted by atomic mass is 32.2. The quantitative estimate of drug-likeness (QED) is 0.720. The van der Waals surface area contributed by atoms with Crippen LogP contribution in [0.1, 0.15) is 13.8 Å². The largest absolute Gasteiger partial charge is 0.380 e. The molecule has 0 aromatic rings. The monoisotopic (exact) mass is 188 g/mol. The van der Waals surface area contributed by atoms with Gasteiger partial charge in [-0.1, -0.05) is 11.8 Å². The highest BCUT2D eigenvalue weighted by Crippen LogP contribution is 2.12. The van der Waals surface area contributed by atoms with Crippen molar-refractivity contribution in [3.63, 3.8) is 0 Å². The van der Waals surface area contributed by atoms with Gasteiger partial charge in [0.25, 0.3) is 0 Å². The number of rotatable bonds is 3. The van der Waals surface area contributed by atoms with E-state index in [9.17, 15) is 0 Å². The Kier molecular flexibility index (Phi) is 3.88. The topological polar surface area (TPSA) is 33.6 Å². The van der Waals surface area contributed by atoms with Gasteiger partial charge in [0.15, 0.2) is 5.17 Å². The number of aliphatic imine (C=N–C) groups is 1. The van der Waals surface area contributed by atoms with Gasteiger partial charge in [-0.25, -0.2) is 0 Å². The van der Waals surface area contributed by atoms with E-state index in [1.807, 2.05) is 6.92 Å². The molecule has 12 heavy (non-hydrogen) atoms. The molecule has 0 amide bonds. The van der Waals surface area contributed by atoms with Crippen LogP contribution >= 0.6 is 11.8 Å². The van der Waals surface area contributed by atoms with E-state index >= 15 is 0 Å². The molecule has 1 N–H and O–H groups in total. The molecule has 0 bridgehead atoms. The zero-order valence-electron chi connectivity index (χ0n) is 7.83. The van der Waals surface area contributed by atoms with Crippen molar-refractivity contribution >= 4 is 16.9 Å². The molecular weight excluding hydrogens is 172 g/mol. The molecule has 2 atom stereocenters. The van der Waals surface area contributed by atoms with Crippen molar-refractivity contribution < 1.29 is 4.74 Å². The molecule has 0 spiro atoms. The van der Waals surface area contributed by atoms with Gasteiger partial charge in [-0.05, 0) is 13.8 Å². The van der Waals surface area contributed by atoms with Crippen molar-refractivity contribution in [2.75, 3.05) is 19.4 Å². The molecule has 70 valence electrons. The molecule has 4 heteroatoms. The Balaban J connectivity index is 2.28. The standard InChI is InChI=1S/C8H16N2OS/c1-6-5-12-8(10-6)9-4-7(2)11-3/h6-7H,4-5H2,1-3H3,(H,9,10). The van der Waals surface area contributed by atoms with E-state index in [4.69, 9.17) is 4.74 Å². The Bertz CT molecular complexity index is 172. The van der Waals surface area contributed by atoms with E-state index in [0.29, 0.717) is 6.04 Å². The van der Waals surface area contributed by atoms with Gasteiger partial charge in [-0.15, -0.1) is 0 Å². The van der Waals surface area contributed by atoms with Gasteiger partial charge in [0.05, 0.1) is 12.6 Å². The Morgan fingerprint density at radius 1 is 1.83 bits per heavy atom. The molecule has 0 saturated carbocycles. The lowest BCUT2D eigenvalue weighted by molar-refractivity contribution is 0.125. The fourth-order valence-corrected chi connectivity index (χ4v) is 1.82. The minimum Gasteiger partial charge on any atom is -0.380 e. The van der Waals surface area contributed by atoms with Crippen molar-refractivity contribution in [1.82, 2.24) is 5.32 Å². The lowest BCUT2D eigenvalue weighted by atomic mass is 10.4. The average molecular weight is 188 g/mol. The van der Waals surface area contributed by atoms with Gasteiger partial charge in [0, 0.05) is 18.9 Å². The summed E-state index contributed by atoms with van der Waals surface area (Å²) in [5, 5.41) is 4.35. The van der Waals surface area contributed by atoms with E-state index in [1.165, 1.54) is 0 Å². The zero-order valence-corrected chi connectivity index (χ0v) is 8.65. The van der Waals surface area contributed by atoms with Gasteiger partial charge in [0.1, 0.15) is 0 Å². The van der Waals surface area contributed by atoms with Gasteiger partial charge in [0.2, 0.25) is 0 Å². The Morgan fingerprint density at radius 2 is 2.58 bits per heavy atom. The molecule has 1 saturated heterocycles. The SMILES string of the molecule is COC(C)CN=C1NC(C)CS1. The molecule has 0 aromatic carbocycles. The van der Waals surface area contributed by atoms with E-state index in [1.54, 1.807) is 18.9 Å². The first-order chi connectivity index (χ1) is 5.72. The van der Waals surface area contributed by atoms with Crippen LogP contribution in [-0.2, 0) is 4.74 Å². The number of amidine groups is 1. The molecule has 1 heterocycles. The molecule has 1 rings (SSSR count). The number of hydrogen-bond donors (Lipinski definition) is 1. The van der Waals surface area contributed by atoms with Crippen molar-refractivity contribution in [3.8, 4) is 0 Å². The number of methoxy groups -OCH3 is 1. The molecule has 3 nitrogen and oxygen atoms in total. The lowest BCUT2D eigenvalue weighted by Gasteiger charge is -2.06. The summed E-state index contributed by atoms with van der Waals surface area (Å²) in [5.74, 6) is 1.13. The fourth-order valence-electron chi connectivity index (χ4n) is 0.875. The molecular formula is C8H16N2OS. The van der Waals surface area contributed by atoms with Crippen molar-refractivity contribution in [2.45, 2.75) is 26.0 Å². The fraction of sp³-hybridized carbons (Fsp3) is 0.875. The highest BCUT2D eigenvalue weighted by molar-refractivity contribution is 8.14. The maximum Gasteiger partial charge on any atom is 0.156 e. The minimum atomic E-state index is 0.218. The highest BCUT2D eigenvalue weighted by Gasteiger charge is 2.15. The molecule has 1 aliphatic heterocycles. The minimum absolute atomic E-state index is 0.218. The Labute approximate surface area is 78.0 Å². The molecule has 0 radical (unpaired) electrons. The summed E-state index contributed by atoms with van der Waals surface area (Å²) in [6.45, 7) is 4.93. The second-order valence-electron chi connectivity index (χ2n) is 3.05. The van der Waals surface area contributed by atoms with E-state index in [0.717, 1.165) is 17.5 Å². The number of nitrogens with one attached hydrogen (secondary N) is 1. The van der Waals surface area contributed by atoms with Crippen LogP contribution in [0.4, 0.5) is 0 Å². The third kappa shape index (κ3) is 3.03. The number of hydrogen-bond acceptors (Lipinski definition) is 3. The summed E-state index contributed by atoms with van der Waals surface area (Å²) >= 11 is 1.79. The van der Waals surface area contributed by atoms with Gasteiger partial charge >= 0.3 is 0 Å².